The average molecular weight is 269 g/mol. The van der Waals surface area contributed by atoms with E-state index < -0.39 is 0 Å². The Balaban J connectivity index is 1.66. The minimum atomic E-state index is 0.0478. The predicted molar refractivity (Wildman–Crippen MR) is 74.8 cm³/mol. The van der Waals surface area contributed by atoms with Crippen molar-refractivity contribution in [3.8, 4) is 0 Å². The van der Waals surface area contributed by atoms with Crippen molar-refractivity contribution in [2.75, 3.05) is 32.8 Å². The third-order valence-electron chi connectivity index (χ3n) is 4.25. The zero-order valence-corrected chi connectivity index (χ0v) is 11.9. The molecule has 1 amide bonds. The molecule has 3 unspecified atom stereocenters. The Morgan fingerprint density at radius 3 is 3.21 bits per heavy atom. The summed E-state index contributed by atoms with van der Waals surface area (Å²) in [4.78, 5) is 14.4. The molecule has 5 heteroatoms. The van der Waals surface area contributed by atoms with Crippen LogP contribution in [0.3, 0.4) is 0 Å². The van der Waals surface area contributed by atoms with Crippen molar-refractivity contribution >= 4 is 5.91 Å². The minimum absolute atomic E-state index is 0.0478. The van der Waals surface area contributed by atoms with Gasteiger partial charge in [0.1, 0.15) is 0 Å². The Kier molecular flexibility index (Phi) is 5.60. The maximum atomic E-state index is 11.9. The molecule has 19 heavy (non-hydrogen) atoms. The second-order valence-electron chi connectivity index (χ2n) is 5.82. The third-order valence-corrected chi connectivity index (χ3v) is 4.25. The number of nitrogens with zero attached hydrogens (tertiary/aromatic N) is 1. The number of carbonyl (C=O) groups excluding carboxylic acids is 1. The van der Waals surface area contributed by atoms with Gasteiger partial charge in [-0.1, -0.05) is 6.92 Å². The lowest BCUT2D eigenvalue weighted by molar-refractivity contribution is -0.126. The normalized spacial score (nSPS) is 28.9. The first-order chi connectivity index (χ1) is 9.20. The molecule has 110 valence electrons. The molecule has 2 fully saturated rings. The van der Waals surface area contributed by atoms with Gasteiger partial charge in [-0.3, -0.25) is 9.69 Å². The Morgan fingerprint density at radius 1 is 1.58 bits per heavy atom. The molecular formula is C14H27N3O2. The first-order valence-electron chi connectivity index (χ1n) is 7.54. The molecule has 0 aliphatic carbocycles. The maximum Gasteiger partial charge on any atom is 0.222 e. The molecule has 2 rings (SSSR count). The quantitative estimate of drug-likeness (QED) is 0.730. The number of ether oxygens (including phenoxy) is 1. The number of hydrogen-bond acceptors (Lipinski definition) is 4. The lowest BCUT2D eigenvalue weighted by atomic mass is 10.0. The summed E-state index contributed by atoms with van der Waals surface area (Å²) < 4.78 is 5.83. The molecule has 3 N–H and O–H groups in total. The average Bonchev–Trinajstić information content (AvgIpc) is 2.89. The molecule has 5 nitrogen and oxygen atoms in total. The topological polar surface area (TPSA) is 67.6 Å². The largest absolute Gasteiger partial charge is 0.373 e. The summed E-state index contributed by atoms with van der Waals surface area (Å²) in [5.74, 6) is 0.173. The first kappa shape index (κ1) is 14.8. The number of hydrogen-bond donors (Lipinski definition) is 2. The second-order valence-corrected chi connectivity index (χ2v) is 5.82. The van der Waals surface area contributed by atoms with Gasteiger partial charge in [-0.2, -0.15) is 0 Å². The molecule has 0 aromatic rings. The van der Waals surface area contributed by atoms with E-state index in [0.717, 1.165) is 26.0 Å². The SMILES string of the molecule is CC(CCCN)C(=O)NCC1CN2CCCC2CO1. The van der Waals surface area contributed by atoms with Gasteiger partial charge in [-0.05, 0) is 38.8 Å². The van der Waals surface area contributed by atoms with Crippen LogP contribution in [-0.4, -0.2) is 55.7 Å². The molecule has 2 saturated heterocycles. The zero-order chi connectivity index (χ0) is 13.7. The molecule has 3 atom stereocenters. The van der Waals surface area contributed by atoms with Gasteiger partial charge in [0.2, 0.25) is 5.91 Å². The molecular weight excluding hydrogens is 242 g/mol. The fourth-order valence-corrected chi connectivity index (χ4v) is 2.95. The molecule has 0 spiro atoms. The summed E-state index contributed by atoms with van der Waals surface area (Å²) in [6.07, 6.45) is 4.46. The Morgan fingerprint density at radius 2 is 2.42 bits per heavy atom. The van der Waals surface area contributed by atoms with Gasteiger partial charge in [0, 0.05) is 25.0 Å². The second kappa shape index (κ2) is 7.22. The van der Waals surface area contributed by atoms with E-state index in [2.05, 4.69) is 10.2 Å². The zero-order valence-electron chi connectivity index (χ0n) is 11.9. The molecule has 2 heterocycles. The summed E-state index contributed by atoms with van der Waals surface area (Å²) in [7, 11) is 0. The van der Waals surface area contributed by atoms with Gasteiger partial charge in [0.05, 0.1) is 12.7 Å². The molecule has 0 saturated carbocycles. The molecule has 0 bridgehead atoms. The van der Waals surface area contributed by atoms with Crippen molar-refractivity contribution in [2.45, 2.75) is 44.8 Å². The Labute approximate surface area is 115 Å². The number of amides is 1. The Bertz CT molecular complexity index is 298. The van der Waals surface area contributed by atoms with Crippen LogP contribution < -0.4 is 11.1 Å². The van der Waals surface area contributed by atoms with Gasteiger partial charge in [-0.25, -0.2) is 0 Å². The number of carbonyl (C=O) groups is 1. The fraction of sp³-hybridized carbons (Fsp3) is 0.929. The molecule has 0 aromatic heterocycles. The number of morpholine rings is 1. The molecule has 0 radical (unpaired) electrons. The van der Waals surface area contributed by atoms with Crippen LogP contribution >= 0.6 is 0 Å². The Hall–Kier alpha value is -0.650. The fourth-order valence-electron chi connectivity index (χ4n) is 2.95. The van der Waals surface area contributed by atoms with Gasteiger partial charge >= 0.3 is 0 Å². The van der Waals surface area contributed by atoms with Crippen molar-refractivity contribution in [1.82, 2.24) is 10.2 Å². The smallest absolute Gasteiger partial charge is 0.222 e. The highest BCUT2D eigenvalue weighted by Gasteiger charge is 2.32. The van der Waals surface area contributed by atoms with Gasteiger partial charge in [-0.15, -0.1) is 0 Å². The van der Waals surface area contributed by atoms with Gasteiger partial charge < -0.3 is 15.8 Å². The number of rotatable bonds is 6. The maximum absolute atomic E-state index is 11.9. The molecule has 2 aliphatic rings. The molecule has 2 aliphatic heterocycles. The summed E-state index contributed by atoms with van der Waals surface area (Å²) >= 11 is 0. The lowest BCUT2D eigenvalue weighted by Crippen LogP contribution is -2.50. The highest BCUT2D eigenvalue weighted by atomic mass is 16.5. The van der Waals surface area contributed by atoms with E-state index in [0.29, 0.717) is 19.1 Å². The summed E-state index contributed by atoms with van der Waals surface area (Å²) in [5.41, 5.74) is 5.46. The summed E-state index contributed by atoms with van der Waals surface area (Å²) in [5, 5.41) is 3.01. The standard InChI is InChI=1S/C14H27N3O2/c1-11(4-2-6-15)14(18)16-8-13-9-17-7-3-5-12(17)10-19-13/h11-13H,2-10,15H2,1H3,(H,16,18). The van der Waals surface area contributed by atoms with Crippen LogP contribution in [0, 0.1) is 5.92 Å². The number of nitrogens with one attached hydrogen (secondary N) is 1. The van der Waals surface area contributed by atoms with Crippen LogP contribution in [0.1, 0.15) is 32.6 Å². The van der Waals surface area contributed by atoms with Gasteiger partial charge in [0.25, 0.3) is 0 Å². The van der Waals surface area contributed by atoms with Crippen molar-refractivity contribution < 1.29 is 9.53 Å². The van der Waals surface area contributed by atoms with Crippen LogP contribution in [0.5, 0.6) is 0 Å². The summed E-state index contributed by atoms with van der Waals surface area (Å²) in [6, 6.07) is 0.621. The van der Waals surface area contributed by atoms with Crippen LogP contribution in [-0.2, 0) is 9.53 Å². The third kappa shape index (κ3) is 4.16. The molecule has 0 aromatic carbocycles. The summed E-state index contributed by atoms with van der Waals surface area (Å²) in [6.45, 7) is 6.22. The van der Waals surface area contributed by atoms with Gasteiger partial charge in [0.15, 0.2) is 0 Å². The highest BCUT2D eigenvalue weighted by Crippen LogP contribution is 2.22. The van der Waals surface area contributed by atoms with Crippen LogP contribution in [0.15, 0.2) is 0 Å². The van der Waals surface area contributed by atoms with Crippen molar-refractivity contribution in [2.24, 2.45) is 11.7 Å². The van der Waals surface area contributed by atoms with E-state index in [1.807, 2.05) is 6.92 Å². The van der Waals surface area contributed by atoms with Crippen molar-refractivity contribution in [1.29, 1.82) is 0 Å². The number of fused-ring (bicyclic) bond motifs is 1. The van der Waals surface area contributed by atoms with E-state index in [4.69, 9.17) is 10.5 Å². The number of nitrogens with two attached hydrogens (primary N) is 1. The van der Waals surface area contributed by atoms with Crippen LogP contribution in [0.2, 0.25) is 0 Å². The van der Waals surface area contributed by atoms with Crippen LogP contribution in [0.4, 0.5) is 0 Å². The van der Waals surface area contributed by atoms with Crippen molar-refractivity contribution in [3.05, 3.63) is 0 Å². The lowest BCUT2D eigenvalue weighted by Gasteiger charge is -2.35. The van der Waals surface area contributed by atoms with E-state index in [9.17, 15) is 4.79 Å². The minimum Gasteiger partial charge on any atom is -0.373 e. The van der Waals surface area contributed by atoms with E-state index in [1.165, 1.54) is 19.4 Å². The highest BCUT2D eigenvalue weighted by molar-refractivity contribution is 5.78. The first-order valence-corrected chi connectivity index (χ1v) is 7.54. The predicted octanol–water partition coefficient (Wildman–Crippen LogP) is 0.341. The monoisotopic (exact) mass is 269 g/mol. The van der Waals surface area contributed by atoms with E-state index in [-0.39, 0.29) is 17.9 Å². The van der Waals surface area contributed by atoms with Crippen molar-refractivity contribution in [3.63, 3.8) is 0 Å². The van der Waals surface area contributed by atoms with E-state index in [1.54, 1.807) is 0 Å². The van der Waals surface area contributed by atoms with Crippen LogP contribution in [0.25, 0.3) is 0 Å². The van der Waals surface area contributed by atoms with E-state index >= 15 is 0 Å².